The molecule has 2 N–H and O–H groups in total. The average Bonchev–Trinajstić information content (AvgIpc) is 3.39. The van der Waals surface area contributed by atoms with Gasteiger partial charge in [-0.3, -0.25) is 9.58 Å². The van der Waals surface area contributed by atoms with Gasteiger partial charge < -0.3 is 10.5 Å². The molecule has 1 aliphatic heterocycles. The first-order valence-corrected chi connectivity index (χ1v) is 10.9. The Kier molecular flexibility index (Phi) is 4.82. The SMILES string of the molecule is CC(C)n1nc(-c2cnc(N)c(C(F)(F)F)c2)cc1[C@H]1CC2(N3CCOCC3)CC1C2. The normalized spacial score (nSPS) is 28.8. The van der Waals surface area contributed by atoms with Gasteiger partial charge in [-0.2, -0.15) is 18.3 Å². The van der Waals surface area contributed by atoms with Gasteiger partial charge in [0.05, 0.1) is 24.5 Å². The van der Waals surface area contributed by atoms with E-state index in [1.54, 1.807) is 0 Å². The number of hydrogen-bond acceptors (Lipinski definition) is 5. The maximum Gasteiger partial charge on any atom is 0.419 e. The zero-order valence-electron chi connectivity index (χ0n) is 17.8. The highest BCUT2D eigenvalue weighted by molar-refractivity contribution is 5.63. The van der Waals surface area contributed by atoms with Crippen molar-refractivity contribution in [2.45, 2.75) is 56.8 Å². The van der Waals surface area contributed by atoms with Crippen LogP contribution in [-0.2, 0) is 10.9 Å². The number of pyridine rings is 1. The molecule has 4 aliphatic rings. The number of nitrogens with zero attached hydrogens (tertiary/aromatic N) is 4. The molecule has 2 bridgehead atoms. The molecule has 3 heterocycles. The Balaban J connectivity index is 1.47. The van der Waals surface area contributed by atoms with Crippen molar-refractivity contribution in [3.8, 4) is 11.3 Å². The Hall–Kier alpha value is -2.13. The van der Waals surface area contributed by atoms with Crippen LogP contribution in [0.15, 0.2) is 18.3 Å². The number of fused-ring (bicyclic) bond motifs is 1. The molecular formula is C22H28F3N5O. The van der Waals surface area contributed by atoms with Gasteiger partial charge in [0.25, 0.3) is 0 Å². The van der Waals surface area contributed by atoms with Crippen molar-refractivity contribution in [3.63, 3.8) is 0 Å². The Morgan fingerprint density at radius 3 is 2.52 bits per heavy atom. The topological polar surface area (TPSA) is 69.2 Å². The van der Waals surface area contributed by atoms with E-state index in [2.05, 4.69) is 23.7 Å². The molecule has 3 aliphatic carbocycles. The number of ether oxygens (including phenoxy) is 1. The first-order chi connectivity index (χ1) is 14.7. The van der Waals surface area contributed by atoms with Crippen molar-refractivity contribution in [1.29, 1.82) is 0 Å². The van der Waals surface area contributed by atoms with Gasteiger partial charge in [0.2, 0.25) is 0 Å². The molecule has 3 saturated carbocycles. The van der Waals surface area contributed by atoms with Crippen LogP contribution in [0, 0.1) is 5.92 Å². The number of morpholine rings is 1. The summed E-state index contributed by atoms with van der Waals surface area (Å²) < 4.78 is 47.5. The van der Waals surface area contributed by atoms with Crippen LogP contribution < -0.4 is 5.73 Å². The first kappa shape index (κ1) is 20.8. The Morgan fingerprint density at radius 2 is 1.87 bits per heavy atom. The van der Waals surface area contributed by atoms with Crippen LogP contribution in [-0.4, -0.2) is 51.5 Å². The number of nitrogen functional groups attached to an aromatic ring is 1. The van der Waals surface area contributed by atoms with E-state index in [9.17, 15) is 13.2 Å². The summed E-state index contributed by atoms with van der Waals surface area (Å²) in [6.45, 7) is 7.64. The molecule has 1 saturated heterocycles. The maximum absolute atomic E-state index is 13.3. The first-order valence-electron chi connectivity index (χ1n) is 10.9. The minimum absolute atomic E-state index is 0.115. The van der Waals surface area contributed by atoms with Gasteiger partial charge in [-0.05, 0) is 51.2 Å². The monoisotopic (exact) mass is 435 g/mol. The van der Waals surface area contributed by atoms with Crippen molar-refractivity contribution in [3.05, 3.63) is 29.6 Å². The van der Waals surface area contributed by atoms with Gasteiger partial charge in [-0.15, -0.1) is 0 Å². The predicted octanol–water partition coefficient (Wildman–Crippen LogP) is 4.10. The summed E-state index contributed by atoms with van der Waals surface area (Å²) in [7, 11) is 0. The van der Waals surface area contributed by atoms with Gasteiger partial charge in [-0.25, -0.2) is 4.98 Å². The van der Waals surface area contributed by atoms with Gasteiger partial charge >= 0.3 is 6.18 Å². The van der Waals surface area contributed by atoms with Crippen LogP contribution >= 0.6 is 0 Å². The molecule has 1 atom stereocenters. The van der Waals surface area contributed by atoms with E-state index in [4.69, 9.17) is 15.6 Å². The summed E-state index contributed by atoms with van der Waals surface area (Å²) in [5.41, 5.74) is 6.79. The summed E-state index contributed by atoms with van der Waals surface area (Å²) in [5, 5.41) is 4.70. The third-order valence-electron chi connectivity index (χ3n) is 7.29. The second-order valence-corrected chi connectivity index (χ2v) is 9.45. The molecule has 6 nitrogen and oxygen atoms in total. The van der Waals surface area contributed by atoms with Crippen LogP contribution in [0.3, 0.4) is 0 Å². The van der Waals surface area contributed by atoms with Gasteiger partial charge in [0.15, 0.2) is 0 Å². The van der Waals surface area contributed by atoms with Crippen LogP contribution in [0.25, 0.3) is 11.3 Å². The molecular weight excluding hydrogens is 407 g/mol. The molecule has 0 spiro atoms. The van der Waals surface area contributed by atoms with E-state index >= 15 is 0 Å². The Labute approximate surface area is 179 Å². The predicted molar refractivity (Wildman–Crippen MR) is 110 cm³/mol. The second kappa shape index (κ2) is 7.20. The molecule has 31 heavy (non-hydrogen) atoms. The van der Waals surface area contributed by atoms with E-state index in [0.29, 0.717) is 23.1 Å². The highest BCUT2D eigenvalue weighted by Gasteiger charge is 2.59. The molecule has 2 aromatic heterocycles. The highest BCUT2D eigenvalue weighted by Crippen LogP contribution is 2.62. The Morgan fingerprint density at radius 1 is 1.16 bits per heavy atom. The number of aromatic nitrogens is 3. The molecule has 2 aromatic rings. The molecule has 0 aromatic carbocycles. The number of halogens is 3. The van der Waals surface area contributed by atoms with Crippen LogP contribution in [0.2, 0.25) is 0 Å². The third-order valence-corrected chi connectivity index (χ3v) is 7.29. The molecule has 4 fully saturated rings. The van der Waals surface area contributed by atoms with Crippen molar-refractivity contribution in [2.24, 2.45) is 5.92 Å². The molecule has 0 radical (unpaired) electrons. The van der Waals surface area contributed by atoms with E-state index in [0.717, 1.165) is 44.5 Å². The van der Waals surface area contributed by atoms with Gasteiger partial charge in [-0.1, -0.05) is 0 Å². The standard InChI is InChI=1S/C22H28F3N5O/c1-13(2)30-19(16-11-21(9-15(16)10-21)29-3-5-31-6-4-29)8-18(28-30)14-7-17(22(23,24)25)20(26)27-12-14/h7-8,12-13,15-16H,3-6,9-11H2,1-2H3,(H2,26,27)/t15?,16-,21?/m0/s1. The zero-order valence-corrected chi connectivity index (χ0v) is 17.8. The number of nitrogens with two attached hydrogens (primary N) is 1. The lowest BCUT2D eigenvalue weighted by molar-refractivity contribution is -0.137. The minimum Gasteiger partial charge on any atom is -0.383 e. The maximum atomic E-state index is 13.3. The molecule has 9 heteroatoms. The minimum atomic E-state index is -4.55. The summed E-state index contributed by atoms with van der Waals surface area (Å²) >= 11 is 0. The van der Waals surface area contributed by atoms with Gasteiger partial charge in [0, 0.05) is 48.0 Å². The smallest absolute Gasteiger partial charge is 0.383 e. The third kappa shape index (κ3) is 3.42. The van der Waals surface area contributed by atoms with Crippen LogP contribution in [0.1, 0.15) is 56.3 Å². The van der Waals surface area contributed by atoms with E-state index < -0.39 is 17.6 Å². The fourth-order valence-electron chi connectivity index (χ4n) is 5.80. The highest BCUT2D eigenvalue weighted by atomic mass is 19.4. The lowest BCUT2D eigenvalue weighted by atomic mass is 9.74. The number of hydrogen-bond donors (Lipinski definition) is 1. The Bertz CT molecular complexity index is 974. The summed E-state index contributed by atoms with van der Waals surface area (Å²) in [6, 6.07) is 3.14. The fraction of sp³-hybridized carbons (Fsp3) is 0.636. The van der Waals surface area contributed by atoms with Gasteiger partial charge in [0.1, 0.15) is 5.82 Å². The van der Waals surface area contributed by atoms with E-state index in [1.165, 1.54) is 19.0 Å². The fourth-order valence-corrected chi connectivity index (χ4v) is 5.80. The summed E-state index contributed by atoms with van der Waals surface area (Å²) in [4.78, 5) is 6.38. The largest absolute Gasteiger partial charge is 0.419 e. The number of rotatable bonds is 4. The van der Waals surface area contributed by atoms with Crippen molar-refractivity contribution >= 4 is 5.82 Å². The second-order valence-electron chi connectivity index (χ2n) is 9.45. The van der Waals surface area contributed by atoms with E-state index in [-0.39, 0.29) is 11.6 Å². The van der Waals surface area contributed by atoms with Crippen molar-refractivity contribution in [1.82, 2.24) is 19.7 Å². The van der Waals surface area contributed by atoms with E-state index in [1.807, 2.05) is 10.7 Å². The van der Waals surface area contributed by atoms with Crippen LogP contribution in [0.4, 0.5) is 19.0 Å². The summed E-state index contributed by atoms with van der Waals surface area (Å²) in [6.07, 6.45) is 0.262. The number of alkyl halides is 3. The molecule has 0 amide bonds. The molecule has 168 valence electrons. The van der Waals surface area contributed by atoms with Crippen molar-refractivity contribution in [2.75, 3.05) is 32.0 Å². The number of anilines is 1. The summed E-state index contributed by atoms with van der Waals surface area (Å²) in [5.74, 6) is 0.458. The quantitative estimate of drug-likeness (QED) is 0.783. The van der Waals surface area contributed by atoms with Crippen LogP contribution in [0.5, 0.6) is 0 Å². The lowest BCUT2D eigenvalue weighted by Gasteiger charge is -2.49. The zero-order chi connectivity index (χ0) is 22.0. The molecule has 0 unspecified atom stereocenters. The van der Waals surface area contributed by atoms with Crippen molar-refractivity contribution < 1.29 is 17.9 Å². The molecule has 6 rings (SSSR count). The average molecular weight is 435 g/mol. The lowest BCUT2D eigenvalue weighted by Crippen LogP contribution is -2.56.